The van der Waals surface area contributed by atoms with Crippen molar-refractivity contribution in [3.8, 4) is 11.5 Å². The summed E-state index contributed by atoms with van der Waals surface area (Å²) in [6.07, 6.45) is 0. The SMILES string of the molecule is COc1ccc(S(=O)(=O)N(C)CC(C)(C)CN)cc1OC.Cl. The molecule has 0 aromatic heterocycles. The first-order valence-electron chi connectivity index (χ1n) is 6.56. The van der Waals surface area contributed by atoms with Crippen LogP contribution in [0.3, 0.4) is 0 Å². The molecule has 0 spiro atoms. The van der Waals surface area contributed by atoms with Crippen molar-refractivity contribution in [3.63, 3.8) is 0 Å². The summed E-state index contributed by atoms with van der Waals surface area (Å²) in [5.74, 6) is 0.867. The van der Waals surface area contributed by atoms with Crippen molar-refractivity contribution in [2.75, 3.05) is 34.4 Å². The number of sulfonamides is 1. The summed E-state index contributed by atoms with van der Waals surface area (Å²) < 4.78 is 36.7. The molecule has 8 heteroatoms. The van der Waals surface area contributed by atoms with Gasteiger partial charge in [0.1, 0.15) is 0 Å². The summed E-state index contributed by atoms with van der Waals surface area (Å²) >= 11 is 0. The predicted molar refractivity (Wildman–Crippen MR) is 89.4 cm³/mol. The van der Waals surface area contributed by atoms with Crippen LogP contribution in [0.5, 0.6) is 11.5 Å². The Hall–Kier alpha value is -1.02. The van der Waals surface area contributed by atoms with Gasteiger partial charge in [0.05, 0.1) is 19.1 Å². The molecule has 0 atom stereocenters. The van der Waals surface area contributed by atoms with E-state index >= 15 is 0 Å². The Morgan fingerprint density at radius 3 is 2.18 bits per heavy atom. The van der Waals surface area contributed by atoms with E-state index in [-0.39, 0.29) is 22.7 Å². The Morgan fingerprint density at radius 2 is 1.73 bits per heavy atom. The van der Waals surface area contributed by atoms with Gasteiger partial charge in [0.25, 0.3) is 0 Å². The smallest absolute Gasteiger partial charge is 0.242 e. The Bertz CT molecular complexity index is 591. The van der Waals surface area contributed by atoms with Crippen molar-refractivity contribution in [1.82, 2.24) is 4.31 Å². The van der Waals surface area contributed by atoms with E-state index in [9.17, 15) is 8.42 Å². The van der Waals surface area contributed by atoms with Crippen molar-refractivity contribution in [2.24, 2.45) is 11.1 Å². The van der Waals surface area contributed by atoms with Gasteiger partial charge in [-0.1, -0.05) is 13.8 Å². The number of nitrogens with zero attached hydrogens (tertiary/aromatic N) is 1. The van der Waals surface area contributed by atoms with Gasteiger partial charge in [-0.2, -0.15) is 0 Å². The number of hydrogen-bond acceptors (Lipinski definition) is 5. The van der Waals surface area contributed by atoms with Crippen LogP contribution in [0.1, 0.15) is 13.8 Å². The first-order chi connectivity index (χ1) is 9.67. The second-order valence-corrected chi connectivity index (χ2v) is 7.69. The van der Waals surface area contributed by atoms with Crippen molar-refractivity contribution in [3.05, 3.63) is 18.2 Å². The monoisotopic (exact) mass is 352 g/mol. The molecular formula is C14H25ClN2O4S. The summed E-state index contributed by atoms with van der Waals surface area (Å²) in [7, 11) is 0.917. The van der Waals surface area contributed by atoms with Crippen LogP contribution in [0.25, 0.3) is 0 Å². The Kier molecular flexibility index (Phi) is 7.64. The number of halogens is 1. The maximum absolute atomic E-state index is 12.6. The normalized spacial score (nSPS) is 12.0. The molecule has 0 bridgehead atoms. The zero-order valence-electron chi connectivity index (χ0n) is 13.6. The van der Waals surface area contributed by atoms with Crippen molar-refractivity contribution >= 4 is 22.4 Å². The average molecular weight is 353 g/mol. The molecule has 1 aromatic carbocycles. The van der Waals surface area contributed by atoms with Crippen LogP contribution in [0.4, 0.5) is 0 Å². The third kappa shape index (κ3) is 4.74. The maximum atomic E-state index is 12.6. The molecule has 0 aliphatic heterocycles. The van der Waals surface area contributed by atoms with Crippen LogP contribution < -0.4 is 15.2 Å². The van der Waals surface area contributed by atoms with Crippen LogP contribution in [0, 0.1) is 5.41 Å². The number of hydrogen-bond donors (Lipinski definition) is 1. The van der Waals surface area contributed by atoms with E-state index in [0.717, 1.165) is 0 Å². The minimum atomic E-state index is -3.60. The summed E-state index contributed by atoms with van der Waals surface area (Å²) in [5.41, 5.74) is 5.37. The van der Waals surface area contributed by atoms with Crippen LogP contribution in [0.2, 0.25) is 0 Å². The lowest BCUT2D eigenvalue weighted by atomic mass is 9.94. The highest BCUT2D eigenvalue weighted by Crippen LogP contribution is 2.31. The fraction of sp³-hybridized carbons (Fsp3) is 0.571. The summed E-state index contributed by atoms with van der Waals surface area (Å²) in [6, 6.07) is 4.54. The summed E-state index contributed by atoms with van der Waals surface area (Å²) in [5, 5.41) is 0. The van der Waals surface area contributed by atoms with Gasteiger partial charge in [0, 0.05) is 19.7 Å². The molecule has 22 heavy (non-hydrogen) atoms. The molecule has 0 unspecified atom stereocenters. The van der Waals surface area contributed by atoms with Crippen LogP contribution in [-0.2, 0) is 10.0 Å². The summed E-state index contributed by atoms with van der Waals surface area (Å²) in [6.45, 7) is 4.58. The molecular weight excluding hydrogens is 328 g/mol. The molecule has 0 amide bonds. The number of ether oxygens (including phenoxy) is 2. The van der Waals surface area contributed by atoms with Gasteiger partial charge in [0.2, 0.25) is 10.0 Å². The lowest BCUT2D eigenvalue weighted by Crippen LogP contribution is -2.39. The largest absolute Gasteiger partial charge is 0.493 e. The lowest BCUT2D eigenvalue weighted by molar-refractivity contribution is 0.291. The van der Waals surface area contributed by atoms with Gasteiger partial charge in [-0.25, -0.2) is 12.7 Å². The van der Waals surface area contributed by atoms with Gasteiger partial charge in [-0.3, -0.25) is 0 Å². The molecule has 0 saturated carbocycles. The van der Waals surface area contributed by atoms with E-state index in [1.807, 2.05) is 13.8 Å². The van der Waals surface area contributed by atoms with E-state index in [1.165, 1.54) is 30.7 Å². The molecule has 0 aliphatic carbocycles. The van der Waals surface area contributed by atoms with E-state index in [0.29, 0.717) is 24.6 Å². The van der Waals surface area contributed by atoms with E-state index in [1.54, 1.807) is 13.1 Å². The molecule has 0 radical (unpaired) electrons. The highest BCUT2D eigenvalue weighted by molar-refractivity contribution is 7.89. The Balaban J connectivity index is 0.00000441. The van der Waals surface area contributed by atoms with Crippen molar-refractivity contribution in [1.29, 1.82) is 0 Å². The van der Waals surface area contributed by atoms with Gasteiger partial charge in [-0.05, 0) is 24.1 Å². The standard InChI is InChI=1S/C14H24N2O4S.ClH/c1-14(2,9-15)10-16(3)21(17,18)11-6-7-12(19-4)13(8-11)20-5;/h6-8H,9-10,15H2,1-5H3;1H. The molecule has 0 aliphatic rings. The van der Waals surface area contributed by atoms with Gasteiger partial charge in [0.15, 0.2) is 11.5 Å². The van der Waals surface area contributed by atoms with Gasteiger partial charge >= 0.3 is 0 Å². The molecule has 0 heterocycles. The Morgan fingerprint density at radius 1 is 1.18 bits per heavy atom. The molecule has 1 aromatic rings. The van der Waals surface area contributed by atoms with E-state index in [4.69, 9.17) is 15.2 Å². The van der Waals surface area contributed by atoms with E-state index in [2.05, 4.69) is 0 Å². The first-order valence-corrected chi connectivity index (χ1v) is 8.00. The minimum absolute atomic E-state index is 0. The third-order valence-corrected chi connectivity index (χ3v) is 5.07. The maximum Gasteiger partial charge on any atom is 0.242 e. The minimum Gasteiger partial charge on any atom is -0.493 e. The first kappa shape index (κ1) is 21.0. The number of methoxy groups -OCH3 is 2. The molecule has 128 valence electrons. The van der Waals surface area contributed by atoms with Crippen LogP contribution >= 0.6 is 12.4 Å². The average Bonchev–Trinajstić information content (AvgIpc) is 2.45. The fourth-order valence-corrected chi connectivity index (χ4v) is 3.28. The zero-order chi connectivity index (χ0) is 16.3. The van der Waals surface area contributed by atoms with Crippen molar-refractivity contribution in [2.45, 2.75) is 18.7 Å². The van der Waals surface area contributed by atoms with Gasteiger partial charge < -0.3 is 15.2 Å². The highest BCUT2D eigenvalue weighted by Gasteiger charge is 2.27. The second kappa shape index (κ2) is 8.01. The van der Waals surface area contributed by atoms with Crippen molar-refractivity contribution < 1.29 is 17.9 Å². The Labute approximate surface area is 139 Å². The number of nitrogens with two attached hydrogens (primary N) is 1. The predicted octanol–water partition coefficient (Wildman–Crippen LogP) is 1.73. The van der Waals surface area contributed by atoms with E-state index < -0.39 is 10.0 Å². The molecule has 0 saturated heterocycles. The third-order valence-electron chi connectivity index (χ3n) is 3.27. The number of benzene rings is 1. The highest BCUT2D eigenvalue weighted by atomic mass is 35.5. The lowest BCUT2D eigenvalue weighted by Gasteiger charge is -2.28. The quantitative estimate of drug-likeness (QED) is 0.808. The molecule has 2 N–H and O–H groups in total. The molecule has 6 nitrogen and oxygen atoms in total. The van der Waals surface area contributed by atoms with Crippen LogP contribution in [0.15, 0.2) is 23.1 Å². The molecule has 1 rings (SSSR count). The molecule has 0 fully saturated rings. The fourth-order valence-electron chi connectivity index (χ4n) is 1.91. The number of rotatable bonds is 7. The second-order valence-electron chi connectivity index (χ2n) is 5.65. The van der Waals surface area contributed by atoms with Crippen LogP contribution in [-0.4, -0.2) is 47.1 Å². The summed E-state index contributed by atoms with van der Waals surface area (Å²) in [4.78, 5) is 0.162. The topological polar surface area (TPSA) is 81.9 Å². The zero-order valence-corrected chi connectivity index (χ0v) is 15.3. The van der Waals surface area contributed by atoms with Gasteiger partial charge in [-0.15, -0.1) is 12.4 Å².